The Morgan fingerprint density at radius 3 is 2.40 bits per heavy atom. The van der Waals surface area contributed by atoms with Gasteiger partial charge in [-0.05, 0) is 26.2 Å². The normalized spacial score (nSPS) is 11.7. The molecule has 0 bridgehead atoms. The largest absolute Gasteiger partial charge is 0.480 e. The van der Waals surface area contributed by atoms with Gasteiger partial charge in [-0.15, -0.1) is 0 Å². The van der Waals surface area contributed by atoms with E-state index in [0.717, 1.165) is 0 Å². The third-order valence-corrected chi connectivity index (χ3v) is 2.63. The summed E-state index contributed by atoms with van der Waals surface area (Å²) in [5.74, 6) is -1.52. The predicted molar refractivity (Wildman–Crippen MR) is 73.2 cm³/mol. The maximum absolute atomic E-state index is 11.4. The molecule has 3 N–H and O–H groups in total. The van der Waals surface area contributed by atoms with E-state index in [-0.39, 0.29) is 12.5 Å². The fourth-order valence-corrected chi connectivity index (χ4v) is 1.51. The van der Waals surface area contributed by atoms with E-state index in [1.54, 1.807) is 13.8 Å². The molecule has 7 heteroatoms. The van der Waals surface area contributed by atoms with Crippen molar-refractivity contribution < 1.29 is 24.2 Å². The topological polar surface area (TPSA) is 105 Å². The summed E-state index contributed by atoms with van der Waals surface area (Å²) < 4.78 is 4.91. The van der Waals surface area contributed by atoms with Crippen LogP contribution in [-0.4, -0.2) is 48.7 Å². The highest BCUT2D eigenvalue weighted by molar-refractivity contribution is 5.84. The molecule has 7 nitrogen and oxygen atoms in total. The van der Waals surface area contributed by atoms with Crippen LogP contribution < -0.4 is 10.6 Å². The summed E-state index contributed by atoms with van der Waals surface area (Å²) >= 11 is 0. The Bertz CT molecular complexity index is 320. The molecule has 0 rings (SSSR count). The fourth-order valence-electron chi connectivity index (χ4n) is 1.51. The van der Waals surface area contributed by atoms with Crippen LogP contribution in [0.1, 0.15) is 39.5 Å². The van der Waals surface area contributed by atoms with Crippen LogP contribution >= 0.6 is 0 Å². The van der Waals surface area contributed by atoms with Gasteiger partial charge in [-0.2, -0.15) is 0 Å². The third kappa shape index (κ3) is 9.32. The lowest BCUT2D eigenvalue weighted by atomic mass is 10.1. The van der Waals surface area contributed by atoms with E-state index in [1.807, 2.05) is 0 Å². The zero-order valence-electron chi connectivity index (χ0n) is 12.1. The molecule has 116 valence electrons. The molecule has 2 amide bonds. The number of hydrogen-bond donors (Lipinski definition) is 3. The summed E-state index contributed by atoms with van der Waals surface area (Å²) in [5, 5.41) is 14.1. The van der Waals surface area contributed by atoms with E-state index < -0.39 is 17.9 Å². The molecule has 0 aliphatic rings. The van der Waals surface area contributed by atoms with Crippen LogP contribution in [0, 0.1) is 0 Å². The van der Waals surface area contributed by atoms with Crippen LogP contribution in [0.5, 0.6) is 0 Å². The van der Waals surface area contributed by atoms with Gasteiger partial charge in [0.1, 0.15) is 12.6 Å². The van der Waals surface area contributed by atoms with Crippen LogP contribution in [0.4, 0.5) is 0 Å². The molecule has 0 aromatic carbocycles. The molecule has 0 saturated carbocycles. The monoisotopic (exact) mass is 288 g/mol. The molecule has 20 heavy (non-hydrogen) atoms. The van der Waals surface area contributed by atoms with Crippen molar-refractivity contribution >= 4 is 17.8 Å². The molecule has 1 atom stereocenters. The lowest BCUT2D eigenvalue weighted by Gasteiger charge is -2.14. The number of hydrogen-bond acceptors (Lipinski definition) is 4. The van der Waals surface area contributed by atoms with Gasteiger partial charge in [-0.3, -0.25) is 9.59 Å². The number of carbonyl (C=O) groups excluding carboxylic acids is 2. The first-order valence-corrected chi connectivity index (χ1v) is 6.87. The van der Waals surface area contributed by atoms with Gasteiger partial charge in [0.15, 0.2) is 0 Å². The number of amides is 2. The highest BCUT2D eigenvalue weighted by atomic mass is 16.5. The minimum absolute atomic E-state index is 0.0233. The first kappa shape index (κ1) is 18.4. The van der Waals surface area contributed by atoms with Crippen LogP contribution in [0.3, 0.4) is 0 Å². The van der Waals surface area contributed by atoms with E-state index in [0.29, 0.717) is 38.8 Å². The Labute approximate surface area is 119 Å². The van der Waals surface area contributed by atoms with Crippen LogP contribution in [0.25, 0.3) is 0 Å². The summed E-state index contributed by atoms with van der Waals surface area (Å²) in [6, 6.07) is -0.912. The van der Waals surface area contributed by atoms with Crippen LogP contribution in [0.2, 0.25) is 0 Å². The summed E-state index contributed by atoms with van der Waals surface area (Å²) in [6.07, 6.45) is 2.05. The lowest BCUT2D eigenvalue weighted by Crippen LogP contribution is -2.42. The van der Waals surface area contributed by atoms with Gasteiger partial charge >= 0.3 is 5.97 Å². The van der Waals surface area contributed by atoms with Crippen molar-refractivity contribution in [3.05, 3.63) is 0 Å². The number of rotatable bonds is 11. The van der Waals surface area contributed by atoms with Gasteiger partial charge in [0.2, 0.25) is 11.8 Å². The molecule has 0 aliphatic heterocycles. The van der Waals surface area contributed by atoms with Crippen molar-refractivity contribution in [3.63, 3.8) is 0 Å². The summed E-state index contributed by atoms with van der Waals surface area (Å²) in [4.78, 5) is 33.4. The lowest BCUT2D eigenvalue weighted by molar-refractivity contribution is -0.142. The van der Waals surface area contributed by atoms with E-state index in [2.05, 4.69) is 10.6 Å². The van der Waals surface area contributed by atoms with Crippen LogP contribution in [-0.2, 0) is 19.1 Å². The second-order valence-electron chi connectivity index (χ2n) is 4.29. The van der Waals surface area contributed by atoms with Gasteiger partial charge < -0.3 is 20.5 Å². The van der Waals surface area contributed by atoms with Crippen LogP contribution in [0.15, 0.2) is 0 Å². The third-order valence-electron chi connectivity index (χ3n) is 2.63. The number of carbonyl (C=O) groups is 3. The summed E-state index contributed by atoms with van der Waals surface area (Å²) in [7, 11) is 0. The number of aliphatic carboxylic acids is 1. The van der Waals surface area contributed by atoms with Crippen molar-refractivity contribution in [1.29, 1.82) is 0 Å². The number of ether oxygens (including phenoxy) is 1. The number of nitrogens with one attached hydrogen (secondary N) is 2. The highest BCUT2D eigenvalue weighted by Gasteiger charge is 2.19. The van der Waals surface area contributed by atoms with Crippen molar-refractivity contribution in [2.45, 2.75) is 45.6 Å². The molecule has 0 heterocycles. The van der Waals surface area contributed by atoms with Gasteiger partial charge in [0, 0.05) is 19.6 Å². The van der Waals surface area contributed by atoms with Gasteiger partial charge in [-0.1, -0.05) is 6.92 Å². The van der Waals surface area contributed by atoms with E-state index in [1.165, 1.54) is 0 Å². The van der Waals surface area contributed by atoms with Gasteiger partial charge in [-0.25, -0.2) is 4.79 Å². The average Bonchev–Trinajstić information content (AvgIpc) is 2.42. The Balaban J connectivity index is 3.89. The number of unbranched alkanes of at least 4 members (excludes halogenated alkanes) is 1. The molecule has 0 fully saturated rings. The minimum Gasteiger partial charge on any atom is -0.480 e. The quantitative estimate of drug-likeness (QED) is 0.474. The molecule has 0 unspecified atom stereocenters. The van der Waals surface area contributed by atoms with Crippen molar-refractivity contribution in [3.8, 4) is 0 Å². The molecule has 0 radical (unpaired) electrons. The summed E-state index contributed by atoms with van der Waals surface area (Å²) in [5.41, 5.74) is 0. The smallest absolute Gasteiger partial charge is 0.326 e. The SMILES string of the molecule is CCOCC(=O)N[C@@H](CCCCNC(=O)CC)C(=O)O. The number of carboxylic acids is 1. The van der Waals surface area contributed by atoms with E-state index >= 15 is 0 Å². The standard InChI is InChI=1S/C13H24N2O5/c1-3-11(16)14-8-6-5-7-10(13(18)19)15-12(17)9-20-4-2/h10H,3-9H2,1-2H3,(H,14,16)(H,15,17)(H,18,19)/t10-/m0/s1. The van der Waals surface area contributed by atoms with E-state index in [4.69, 9.17) is 9.84 Å². The minimum atomic E-state index is -1.06. The Kier molecular flexibility index (Phi) is 10.3. The maximum atomic E-state index is 11.4. The Hall–Kier alpha value is -1.63. The fraction of sp³-hybridized carbons (Fsp3) is 0.769. The first-order valence-electron chi connectivity index (χ1n) is 6.87. The Morgan fingerprint density at radius 2 is 1.85 bits per heavy atom. The highest BCUT2D eigenvalue weighted by Crippen LogP contribution is 2.01. The molecule has 0 spiro atoms. The molecule has 0 aliphatic carbocycles. The van der Waals surface area contributed by atoms with Gasteiger partial charge in [0.25, 0.3) is 0 Å². The molecular formula is C13H24N2O5. The zero-order valence-corrected chi connectivity index (χ0v) is 12.1. The zero-order chi connectivity index (χ0) is 15.4. The van der Waals surface area contributed by atoms with Crippen molar-refractivity contribution in [1.82, 2.24) is 10.6 Å². The predicted octanol–water partition coefficient (Wildman–Crippen LogP) is 0.289. The Morgan fingerprint density at radius 1 is 1.15 bits per heavy atom. The molecular weight excluding hydrogens is 264 g/mol. The molecule has 0 saturated heterocycles. The first-order chi connectivity index (χ1) is 9.51. The second-order valence-corrected chi connectivity index (χ2v) is 4.29. The van der Waals surface area contributed by atoms with E-state index in [9.17, 15) is 14.4 Å². The second kappa shape index (κ2) is 11.2. The van der Waals surface area contributed by atoms with Crippen molar-refractivity contribution in [2.24, 2.45) is 0 Å². The van der Waals surface area contributed by atoms with Gasteiger partial charge in [0.05, 0.1) is 0 Å². The summed E-state index contributed by atoms with van der Waals surface area (Å²) in [6.45, 7) is 4.32. The maximum Gasteiger partial charge on any atom is 0.326 e. The molecule has 0 aromatic rings. The number of carboxylic acid groups (broad SMARTS) is 1. The molecule has 0 aromatic heterocycles. The van der Waals surface area contributed by atoms with Crippen molar-refractivity contribution in [2.75, 3.05) is 19.8 Å². The average molecular weight is 288 g/mol.